The number of aliphatic hydroxyl groups is 1. The Kier molecular flexibility index (Phi) is 4.23. The molecule has 1 aromatic rings. The number of benzene rings is 1. The van der Waals surface area contributed by atoms with Crippen LogP contribution in [0.1, 0.15) is 31.4 Å². The van der Waals surface area contributed by atoms with E-state index in [2.05, 4.69) is 0 Å². The zero-order valence-corrected chi connectivity index (χ0v) is 9.21. The molecule has 1 atom stereocenters. The number of hydrogen-bond acceptors (Lipinski definition) is 2. The summed E-state index contributed by atoms with van der Waals surface area (Å²) in [6, 6.07) is 5.29. The van der Waals surface area contributed by atoms with E-state index in [1.165, 1.54) is 0 Å². The fourth-order valence-corrected chi connectivity index (χ4v) is 1.55. The van der Waals surface area contributed by atoms with Crippen molar-refractivity contribution in [2.24, 2.45) is 0 Å². The number of ether oxygens (including phenoxy) is 1. The molecule has 2 nitrogen and oxygen atoms in total. The highest BCUT2D eigenvalue weighted by Gasteiger charge is 2.12. The highest BCUT2D eigenvalue weighted by atomic mass is 35.5. The van der Waals surface area contributed by atoms with E-state index in [1.807, 2.05) is 13.0 Å². The van der Waals surface area contributed by atoms with E-state index in [4.69, 9.17) is 16.3 Å². The summed E-state index contributed by atoms with van der Waals surface area (Å²) in [6.07, 6.45) is 1.21. The van der Waals surface area contributed by atoms with E-state index < -0.39 is 6.10 Å². The standard InChI is InChI=1S/C11H15ClO2/c1-3-4-10(13)9-6-5-8(12)7-11(9)14-2/h5-7,10,13H,3-4H2,1-2H3/t10-/m0/s1. The second-order valence-electron chi connectivity index (χ2n) is 3.19. The van der Waals surface area contributed by atoms with Crippen molar-refractivity contribution in [2.45, 2.75) is 25.9 Å². The van der Waals surface area contributed by atoms with Crippen molar-refractivity contribution in [3.8, 4) is 5.75 Å². The van der Waals surface area contributed by atoms with E-state index in [9.17, 15) is 5.11 Å². The zero-order valence-electron chi connectivity index (χ0n) is 8.46. The lowest BCUT2D eigenvalue weighted by molar-refractivity contribution is 0.162. The third-order valence-corrected chi connectivity index (χ3v) is 2.35. The third-order valence-electron chi connectivity index (χ3n) is 2.12. The van der Waals surface area contributed by atoms with Gasteiger partial charge in [-0.3, -0.25) is 0 Å². The molecule has 0 radical (unpaired) electrons. The maximum Gasteiger partial charge on any atom is 0.126 e. The second kappa shape index (κ2) is 5.23. The molecule has 1 N–H and O–H groups in total. The van der Waals surface area contributed by atoms with Crippen LogP contribution >= 0.6 is 11.6 Å². The summed E-state index contributed by atoms with van der Waals surface area (Å²) >= 11 is 5.82. The van der Waals surface area contributed by atoms with E-state index in [-0.39, 0.29) is 0 Å². The van der Waals surface area contributed by atoms with Gasteiger partial charge in [-0.2, -0.15) is 0 Å². The minimum atomic E-state index is -0.466. The van der Waals surface area contributed by atoms with Crippen LogP contribution in [0.4, 0.5) is 0 Å². The summed E-state index contributed by atoms with van der Waals surface area (Å²) in [7, 11) is 1.58. The van der Waals surface area contributed by atoms with Gasteiger partial charge in [-0.25, -0.2) is 0 Å². The van der Waals surface area contributed by atoms with Gasteiger partial charge in [0, 0.05) is 10.6 Å². The Hall–Kier alpha value is -0.730. The van der Waals surface area contributed by atoms with Crippen LogP contribution in [0.25, 0.3) is 0 Å². The van der Waals surface area contributed by atoms with Gasteiger partial charge in [0.05, 0.1) is 13.2 Å². The molecular weight excluding hydrogens is 200 g/mol. The molecule has 0 saturated carbocycles. The predicted octanol–water partition coefficient (Wildman–Crippen LogP) is 3.18. The molecule has 0 aliphatic rings. The average Bonchev–Trinajstić information content (AvgIpc) is 2.17. The highest BCUT2D eigenvalue weighted by Crippen LogP contribution is 2.30. The fourth-order valence-electron chi connectivity index (χ4n) is 1.39. The maximum atomic E-state index is 9.80. The van der Waals surface area contributed by atoms with Crippen molar-refractivity contribution >= 4 is 11.6 Å². The van der Waals surface area contributed by atoms with Crippen LogP contribution in [0.2, 0.25) is 5.02 Å². The summed E-state index contributed by atoms with van der Waals surface area (Å²) in [5, 5.41) is 10.4. The number of halogens is 1. The molecule has 0 heterocycles. The normalized spacial score (nSPS) is 12.6. The van der Waals surface area contributed by atoms with E-state index in [1.54, 1.807) is 19.2 Å². The Labute approximate surface area is 89.5 Å². The minimum absolute atomic E-state index is 0.466. The third kappa shape index (κ3) is 2.63. The van der Waals surface area contributed by atoms with Crippen LogP contribution < -0.4 is 4.74 Å². The summed E-state index contributed by atoms with van der Waals surface area (Å²) in [5.41, 5.74) is 0.804. The summed E-state index contributed by atoms with van der Waals surface area (Å²) in [5.74, 6) is 0.651. The van der Waals surface area contributed by atoms with Gasteiger partial charge in [-0.15, -0.1) is 0 Å². The largest absolute Gasteiger partial charge is 0.496 e. The van der Waals surface area contributed by atoms with Crippen molar-refractivity contribution in [3.63, 3.8) is 0 Å². The Morgan fingerprint density at radius 3 is 2.79 bits per heavy atom. The molecule has 14 heavy (non-hydrogen) atoms. The lowest BCUT2D eigenvalue weighted by Crippen LogP contribution is -1.99. The topological polar surface area (TPSA) is 29.5 Å². The second-order valence-corrected chi connectivity index (χ2v) is 3.63. The van der Waals surface area contributed by atoms with Crippen LogP contribution in [0.3, 0.4) is 0 Å². The van der Waals surface area contributed by atoms with Crippen LogP contribution in [0, 0.1) is 0 Å². The molecule has 0 aromatic heterocycles. The Morgan fingerprint density at radius 2 is 2.21 bits per heavy atom. The van der Waals surface area contributed by atoms with Gasteiger partial charge in [0.2, 0.25) is 0 Å². The zero-order chi connectivity index (χ0) is 10.6. The molecular formula is C11H15ClO2. The molecule has 1 aromatic carbocycles. The van der Waals surface area contributed by atoms with E-state index in [0.29, 0.717) is 10.8 Å². The van der Waals surface area contributed by atoms with Gasteiger partial charge >= 0.3 is 0 Å². The first-order valence-electron chi connectivity index (χ1n) is 4.70. The van der Waals surface area contributed by atoms with E-state index in [0.717, 1.165) is 18.4 Å². The van der Waals surface area contributed by atoms with E-state index >= 15 is 0 Å². The van der Waals surface area contributed by atoms with Gasteiger partial charge < -0.3 is 9.84 Å². The van der Waals surface area contributed by atoms with Crippen LogP contribution in [-0.4, -0.2) is 12.2 Å². The Balaban J connectivity index is 2.95. The molecule has 0 bridgehead atoms. The number of hydrogen-bond donors (Lipinski definition) is 1. The molecule has 78 valence electrons. The molecule has 0 unspecified atom stereocenters. The number of aliphatic hydroxyl groups excluding tert-OH is 1. The highest BCUT2D eigenvalue weighted by molar-refractivity contribution is 6.30. The number of methoxy groups -OCH3 is 1. The van der Waals surface area contributed by atoms with Crippen molar-refractivity contribution in [1.82, 2.24) is 0 Å². The number of rotatable bonds is 4. The Morgan fingerprint density at radius 1 is 1.50 bits per heavy atom. The average molecular weight is 215 g/mol. The SMILES string of the molecule is CCC[C@H](O)c1ccc(Cl)cc1OC. The van der Waals surface area contributed by atoms with Crippen molar-refractivity contribution < 1.29 is 9.84 Å². The first-order valence-corrected chi connectivity index (χ1v) is 5.08. The molecule has 1 rings (SSSR count). The first kappa shape index (κ1) is 11.3. The molecule has 3 heteroatoms. The molecule has 0 saturated heterocycles. The van der Waals surface area contributed by atoms with Crippen LogP contribution in [-0.2, 0) is 0 Å². The quantitative estimate of drug-likeness (QED) is 0.834. The van der Waals surface area contributed by atoms with Crippen LogP contribution in [0.5, 0.6) is 5.75 Å². The van der Waals surface area contributed by atoms with Crippen molar-refractivity contribution in [1.29, 1.82) is 0 Å². The van der Waals surface area contributed by atoms with Gasteiger partial charge in [0.15, 0.2) is 0 Å². The molecule has 0 spiro atoms. The lowest BCUT2D eigenvalue weighted by Gasteiger charge is -2.14. The van der Waals surface area contributed by atoms with Gasteiger partial charge in [-0.1, -0.05) is 31.0 Å². The molecule has 0 amide bonds. The summed E-state index contributed by atoms with van der Waals surface area (Å²) in [4.78, 5) is 0. The first-order chi connectivity index (χ1) is 6.69. The molecule has 0 fully saturated rings. The monoisotopic (exact) mass is 214 g/mol. The van der Waals surface area contributed by atoms with Crippen LogP contribution in [0.15, 0.2) is 18.2 Å². The van der Waals surface area contributed by atoms with Gasteiger partial charge in [0.25, 0.3) is 0 Å². The van der Waals surface area contributed by atoms with Gasteiger partial charge in [0.1, 0.15) is 5.75 Å². The summed E-state index contributed by atoms with van der Waals surface area (Å²) < 4.78 is 5.15. The molecule has 0 aliphatic heterocycles. The maximum absolute atomic E-state index is 9.80. The molecule has 0 aliphatic carbocycles. The lowest BCUT2D eigenvalue weighted by atomic mass is 10.0. The fraction of sp³-hybridized carbons (Fsp3) is 0.455. The minimum Gasteiger partial charge on any atom is -0.496 e. The predicted molar refractivity (Wildman–Crippen MR) is 57.9 cm³/mol. The van der Waals surface area contributed by atoms with Crippen molar-refractivity contribution in [3.05, 3.63) is 28.8 Å². The smallest absolute Gasteiger partial charge is 0.126 e. The van der Waals surface area contributed by atoms with Crippen molar-refractivity contribution in [2.75, 3.05) is 7.11 Å². The summed E-state index contributed by atoms with van der Waals surface area (Å²) in [6.45, 7) is 2.03. The Bertz CT molecular complexity index is 299. The van der Waals surface area contributed by atoms with Gasteiger partial charge in [-0.05, 0) is 18.6 Å².